The fourth-order valence-corrected chi connectivity index (χ4v) is 6.72. The lowest BCUT2D eigenvalue weighted by molar-refractivity contribution is -0.150. The molecule has 0 saturated heterocycles. The highest BCUT2D eigenvalue weighted by Crippen LogP contribution is 2.19. The number of amides is 2. The Hall–Kier alpha value is -2.16. The van der Waals surface area contributed by atoms with Crippen molar-refractivity contribution in [1.82, 2.24) is 10.6 Å². The van der Waals surface area contributed by atoms with Gasteiger partial charge >= 0.3 is 11.9 Å². The number of carbonyl (C=O) groups is 4. The van der Waals surface area contributed by atoms with Gasteiger partial charge in [-0.15, -0.1) is 0 Å². The first-order chi connectivity index (χ1) is 25.3. The lowest BCUT2D eigenvalue weighted by atomic mass is 10.0. The summed E-state index contributed by atoms with van der Waals surface area (Å²) in [5.74, 6) is -2.27. The minimum absolute atomic E-state index is 0.00322. The summed E-state index contributed by atoms with van der Waals surface area (Å²) in [6.45, 7) is 3.50. The third kappa shape index (κ3) is 34.9. The molecule has 2 amide bonds. The summed E-state index contributed by atoms with van der Waals surface area (Å²) >= 11 is 0. The Labute approximate surface area is 319 Å². The van der Waals surface area contributed by atoms with Crippen molar-refractivity contribution in [2.24, 2.45) is 0 Å². The van der Waals surface area contributed by atoms with Gasteiger partial charge in [0.05, 0.1) is 13.2 Å². The van der Waals surface area contributed by atoms with Gasteiger partial charge in [-0.25, -0.2) is 4.79 Å². The summed E-state index contributed by atoms with van der Waals surface area (Å²) in [4.78, 5) is 47.5. The normalized spacial score (nSPS) is 12.4. The van der Waals surface area contributed by atoms with E-state index in [-0.39, 0.29) is 24.5 Å². The third-order valence-corrected chi connectivity index (χ3v) is 10.1. The molecular weight excluding hydrogens is 656 g/mol. The molecule has 0 aliphatic carbocycles. The van der Waals surface area contributed by atoms with Crippen LogP contribution in [0.4, 0.5) is 0 Å². The standard InChI is InChI=1S/C43H82N2O7/c1-3-5-7-9-11-13-15-16-18-20-22-27-31-35-42(49)52-38(32-28-24-21-19-17-14-12-10-8-6-4-2)33-29-25-23-26-30-34-40(47)44-36-41(48)45-39(37-46)43(50)51/h38-39,46H,3-37H2,1-2H3,(H,44,47)(H,45,48)(H,50,51). The number of aliphatic carboxylic acids is 1. The molecule has 0 rings (SSSR count). The van der Waals surface area contributed by atoms with E-state index in [1.165, 1.54) is 135 Å². The van der Waals surface area contributed by atoms with E-state index >= 15 is 0 Å². The first kappa shape index (κ1) is 49.8. The molecule has 2 atom stereocenters. The van der Waals surface area contributed by atoms with Gasteiger partial charge in [-0.1, -0.05) is 174 Å². The van der Waals surface area contributed by atoms with Crippen LogP contribution in [-0.4, -0.2) is 59.3 Å². The number of hydrogen-bond acceptors (Lipinski definition) is 6. The Morgan fingerprint density at radius 2 is 0.865 bits per heavy atom. The number of ether oxygens (including phenoxy) is 1. The minimum atomic E-state index is -1.38. The van der Waals surface area contributed by atoms with Crippen LogP contribution >= 0.6 is 0 Å². The van der Waals surface area contributed by atoms with Crippen LogP contribution in [0.5, 0.6) is 0 Å². The Balaban J connectivity index is 4.26. The molecule has 0 fully saturated rings. The molecular formula is C43H82N2O7. The number of unbranched alkanes of at least 4 members (excludes halogenated alkanes) is 26. The highest BCUT2D eigenvalue weighted by Gasteiger charge is 2.19. The Morgan fingerprint density at radius 1 is 0.500 bits per heavy atom. The van der Waals surface area contributed by atoms with E-state index in [2.05, 4.69) is 24.5 Å². The molecule has 0 heterocycles. The van der Waals surface area contributed by atoms with Gasteiger partial charge in [0, 0.05) is 12.8 Å². The summed E-state index contributed by atoms with van der Waals surface area (Å²) in [7, 11) is 0. The van der Waals surface area contributed by atoms with Crippen molar-refractivity contribution in [3.05, 3.63) is 0 Å². The molecule has 0 bridgehead atoms. The maximum absolute atomic E-state index is 12.8. The molecule has 9 nitrogen and oxygen atoms in total. The van der Waals surface area contributed by atoms with E-state index in [1.54, 1.807) is 0 Å². The predicted octanol–water partition coefficient (Wildman–Crippen LogP) is 10.5. The second kappa shape index (κ2) is 38.6. The van der Waals surface area contributed by atoms with E-state index in [9.17, 15) is 19.2 Å². The lowest BCUT2D eigenvalue weighted by Gasteiger charge is -2.18. The zero-order valence-corrected chi connectivity index (χ0v) is 33.8. The Kier molecular flexibility index (Phi) is 37.0. The fraction of sp³-hybridized carbons (Fsp3) is 0.907. The smallest absolute Gasteiger partial charge is 0.328 e. The Bertz CT molecular complexity index is 853. The van der Waals surface area contributed by atoms with E-state index < -0.39 is 24.5 Å². The highest BCUT2D eigenvalue weighted by molar-refractivity contribution is 5.87. The van der Waals surface area contributed by atoms with Crippen molar-refractivity contribution in [3.63, 3.8) is 0 Å². The number of nitrogens with one attached hydrogen (secondary N) is 2. The van der Waals surface area contributed by atoms with Crippen LogP contribution in [0.15, 0.2) is 0 Å². The molecule has 0 aliphatic heterocycles. The van der Waals surface area contributed by atoms with Gasteiger partial charge < -0.3 is 25.6 Å². The number of rotatable bonds is 40. The number of esters is 1. The fourth-order valence-electron chi connectivity index (χ4n) is 6.72. The maximum atomic E-state index is 12.8. The molecule has 52 heavy (non-hydrogen) atoms. The zero-order chi connectivity index (χ0) is 38.3. The van der Waals surface area contributed by atoms with Gasteiger partial charge in [0.2, 0.25) is 11.8 Å². The monoisotopic (exact) mass is 739 g/mol. The number of aliphatic hydroxyl groups excluding tert-OH is 1. The van der Waals surface area contributed by atoms with Crippen molar-refractivity contribution in [2.75, 3.05) is 13.2 Å². The second-order valence-corrected chi connectivity index (χ2v) is 15.2. The molecule has 0 radical (unpaired) electrons. The largest absolute Gasteiger partial charge is 0.480 e. The zero-order valence-electron chi connectivity index (χ0n) is 33.8. The van der Waals surface area contributed by atoms with E-state index in [0.29, 0.717) is 19.3 Å². The molecule has 0 saturated carbocycles. The van der Waals surface area contributed by atoms with Crippen molar-refractivity contribution in [1.29, 1.82) is 0 Å². The summed E-state index contributed by atoms with van der Waals surface area (Å²) in [5, 5.41) is 22.5. The highest BCUT2D eigenvalue weighted by atomic mass is 16.5. The second-order valence-electron chi connectivity index (χ2n) is 15.2. The van der Waals surface area contributed by atoms with Crippen LogP contribution in [-0.2, 0) is 23.9 Å². The first-order valence-corrected chi connectivity index (χ1v) is 21.9. The molecule has 0 aromatic rings. The predicted molar refractivity (Wildman–Crippen MR) is 213 cm³/mol. The van der Waals surface area contributed by atoms with Gasteiger partial charge in [-0.3, -0.25) is 14.4 Å². The lowest BCUT2D eigenvalue weighted by Crippen LogP contribution is -2.47. The van der Waals surface area contributed by atoms with Crippen LogP contribution in [0.1, 0.15) is 226 Å². The number of carboxylic acids is 1. The van der Waals surface area contributed by atoms with Crippen molar-refractivity contribution >= 4 is 23.8 Å². The van der Waals surface area contributed by atoms with Crippen LogP contribution in [0.2, 0.25) is 0 Å². The quantitative estimate of drug-likeness (QED) is 0.0362. The summed E-state index contributed by atoms with van der Waals surface area (Å²) in [5.41, 5.74) is 0. The maximum Gasteiger partial charge on any atom is 0.328 e. The van der Waals surface area contributed by atoms with E-state index in [0.717, 1.165) is 57.8 Å². The van der Waals surface area contributed by atoms with Gasteiger partial charge in [0.1, 0.15) is 12.1 Å². The van der Waals surface area contributed by atoms with Crippen molar-refractivity contribution < 1.29 is 34.1 Å². The molecule has 0 aliphatic rings. The summed E-state index contributed by atoms with van der Waals surface area (Å²) in [6.07, 6.45) is 38.4. The molecule has 0 aromatic heterocycles. The molecule has 4 N–H and O–H groups in total. The van der Waals surface area contributed by atoms with Gasteiger partial charge in [0.15, 0.2) is 0 Å². The van der Waals surface area contributed by atoms with Crippen LogP contribution < -0.4 is 10.6 Å². The molecule has 2 unspecified atom stereocenters. The number of carbonyl (C=O) groups excluding carboxylic acids is 3. The minimum Gasteiger partial charge on any atom is -0.480 e. The van der Waals surface area contributed by atoms with Crippen LogP contribution in [0, 0.1) is 0 Å². The van der Waals surface area contributed by atoms with Gasteiger partial charge in [-0.2, -0.15) is 0 Å². The summed E-state index contributed by atoms with van der Waals surface area (Å²) < 4.78 is 6.03. The number of aliphatic hydroxyl groups is 1. The summed E-state index contributed by atoms with van der Waals surface area (Å²) in [6, 6.07) is -1.38. The SMILES string of the molecule is CCCCCCCCCCCCCCCC(=O)OC(CCCCCCCCCCCCC)CCCCCCCC(=O)NCC(=O)NC(CO)C(=O)O. The average Bonchev–Trinajstić information content (AvgIpc) is 3.13. The first-order valence-electron chi connectivity index (χ1n) is 21.9. The van der Waals surface area contributed by atoms with Crippen LogP contribution in [0.25, 0.3) is 0 Å². The molecule has 9 heteroatoms. The molecule has 0 aromatic carbocycles. The van der Waals surface area contributed by atoms with E-state index in [4.69, 9.17) is 14.9 Å². The Morgan fingerprint density at radius 3 is 1.25 bits per heavy atom. The van der Waals surface area contributed by atoms with Gasteiger partial charge in [-0.05, 0) is 38.5 Å². The van der Waals surface area contributed by atoms with E-state index in [1.807, 2.05) is 0 Å². The van der Waals surface area contributed by atoms with Gasteiger partial charge in [0.25, 0.3) is 0 Å². The number of carboxylic acid groups (broad SMARTS) is 1. The molecule has 306 valence electrons. The third-order valence-electron chi connectivity index (χ3n) is 10.1. The number of hydrogen-bond donors (Lipinski definition) is 4. The topological polar surface area (TPSA) is 142 Å². The van der Waals surface area contributed by atoms with Crippen molar-refractivity contribution in [2.45, 2.75) is 238 Å². The molecule has 0 spiro atoms. The van der Waals surface area contributed by atoms with Crippen LogP contribution in [0.3, 0.4) is 0 Å². The average molecular weight is 739 g/mol. The van der Waals surface area contributed by atoms with Crippen molar-refractivity contribution in [3.8, 4) is 0 Å².